The quantitative estimate of drug-likeness (QED) is 0.339. The fourth-order valence-electron chi connectivity index (χ4n) is 0.0447. The summed E-state index contributed by atoms with van der Waals surface area (Å²) in [5, 5.41) is 22.5. The second-order valence-corrected chi connectivity index (χ2v) is 4.64. The summed E-state index contributed by atoms with van der Waals surface area (Å²) >= 11 is -5.32. The standard InChI is InChI=1S/3H2O2.O.Sb/c3*1-2;;/h3*1-2H;;/q;;;;+3/p-3. The summed E-state index contributed by atoms with van der Waals surface area (Å²) in [5.74, 6) is 0. The van der Waals surface area contributed by atoms with Crippen LogP contribution in [0, 0.1) is 0 Å². The minimum absolute atomic E-state index is 2.94. The molecule has 0 rings (SSSR count). The molecule has 0 bridgehead atoms. The van der Waals surface area contributed by atoms with Gasteiger partial charge in [-0.1, -0.05) is 0 Å². The zero-order valence-corrected chi connectivity index (χ0v) is 5.97. The molecule has 50 valence electrons. The number of hydrogen-bond donors (Lipinski definition) is 3. The Morgan fingerprint density at radius 2 is 1.25 bits per heavy atom. The van der Waals surface area contributed by atoms with Crippen molar-refractivity contribution in [1.29, 1.82) is 0 Å². The van der Waals surface area contributed by atoms with Crippen LogP contribution in [-0.2, 0) is 12.5 Å². The predicted molar refractivity (Wildman–Crippen MR) is 17.6 cm³/mol. The van der Waals surface area contributed by atoms with E-state index in [0.29, 0.717) is 0 Å². The third-order valence-corrected chi connectivity index (χ3v) is 2.01. The average molecular weight is 237 g/mol. The molecule has 0 saturated carbocycles. The summed E-state index contributed by atoms with van der Waals surface area (Å²) in [4.78, 5) is 0. The summed E-state index contributed by atoms with van der Waals surface area (Å²) in [6, 6.07) is 0. The Morgan fingerprint density at radius 3 is 1.25 bits per heavy atom. The van der Waals surface area contributed by atoms with E-state index in [0.717, 1.165) is 0 Å². The van der Waals surface area contributed by atoms with Crippen LogP contribution in [0.15, 0.2) is 0 Å². The van der Waals surface area contributed by atoms with Crippen molar-refractivity contribution in [2.75, 3.05) is 0 Å². The molecule has 8 heteroatoms. The number of rotatable bonds is 3. The SMILES string of the molecule is [O]=[Sb]([O]O)([O]O)[O]O. The normalized spacial score (nSPS) is 11.9. The second-order valence-electron chi connectivity index (χ2n) is 0.692. The fourth-order valence-corrected chi connectivity index (χ4v) is 0.300. The summed E-state index contributed by atoms with van der Waals surface area (Å²) < 4.78 is 18.8. The van der Waals surface area contributed by atoms with Crippen molar-refractivity contribution in [2.24, 2.45) is 0 Å². The molecular weight excluding hydrogens is 234 g/mol. The molecule has 0 aromatic rings. The van der Waals surface area contributed by atoms with E-state index in [2.05, 4.69) is 9.50 Å². The van der Waals surface area contributed by atoms with Gasteiger partial charge in [-0.3, -0.25) is 0 Å². The number of hydrogen-bond acceptors (Lipinski definition) is 7. The van der Waals surface area contributed by atoms with Crippen molar-refractivity contribution in [1.82, 2.24) is 0 Å². The second kappa shape index (κ2) is 3.41. The summed E-state index contributed by atoms with van der Waals surface area (Å²) in [7, 11) is 0. The van der Waals surface area contributed by atoms with Gasteiger partial charge in [0.05, 0.1) is 0 Å². The van der Waals surface area contributed by atoms with E-state index in [1.165, 1.54) is 0 Å². The van der Waals surface area contributed by atoms with Crippen molar-refractivity contribution in [3.8, 4) is 0 Å². The Hall–Kier alpha value is 0.378. The zero-order chi connectivity index (χ0) is 6.62. The van der Waals surface area contributed by atoms with Crippen molar-refractivity contribution in [2.45, 2.75) is 0 Å². The van der Waals surface area contributed by atoms with Crippen LogP contribution in [0.3, 0.4) is 0 Å². The maximum absolute atomic E-state index is 9.99. The van der Waals surface area contributed by atoms with E-state index in [-0.39, 0.29) is 0 Å². The molecule has 8 heavy (non-hydrogen) atoms. The van der Waals surface area contributed by atoms with Crippen LogP contribution in [0.4, 0.5) is 0 Å². The first-order valence-corrected chi connectivity index (χ1v) is 5.45. The van der Waals surface area contributed by atoms with Crippen LogP contribution in [0.2, 0.25) is 0 Å². The van der Waals surface area contributed by atoms with Crippen LogP contribution in [0.5, 0.6) is 0 Å². The van der Waals surface area contributed by atoms with Crippen molar-refractivity contribution in [3.05, 3.63) is 0 Å². The van der Waals surface area contributed by atoms with Gasteiger partial charge in [-0.25, -0.2) is 0 Å². The molecule has 0 spiro atoms. The monoisotopic (exact) mass is 236 g/mol. The Kier molecular flexibility index (Phi) is 3.57. The molecule has 0 atom stereocenters. The van der Waals surface area contributed by atoms with Gasteiger partial charge in [0.25, 0.3) is 0 Å². The van der Waals surface area contributed by atoms with Crippen LogP contribution in [0.1, 0.15) is 0 Å². The van der Waals surface area contributed by atoms with E-state index in [4.69, 9.17) is 15.8 Å². The summed E-state index contributed by atoms with van der Waals surface area (Å²) in [6.07, 6.45) is 0. The van der Waals surface area contributed by atoms with E-state index in [9.17, 15) is 3.02 Å². The van der Waals surface area contributed by atoms with Crippen LogP contribution in [0.25, 0.3) is 0 Å². The molecule has 0 saturated heterocycles. The Bertz CT molecular complexity index is 75.5. The van der Waals surface area contributed by atoms with Gasteiger partial charge in [0.1, 0.15) is 0 Å². The molecular formula is H3O7Sb. The molecule has 0 aliphatic heterocycles. The Labute approximate surface area is 48.9 Å². The van der Waals surface area contributed by atoms with Gasteiger partial charge in [-0.15, -0.1) is 0 Å². The molecule has 0 aliphatic carbocycles. The van der Waals surface area contributed by atoms with Crippen molar-refractivity contribution >= 4 is 20.1 Å². The molecule has 3 N–H and O–H groups in total. The molecule has 0 aromatic heterocycles. The first kappa shape index (κ1) is 8.38. The van der Waals surface area contributed by atoms with Crippen LogP contribution >= 0.6 is 0 Å². The molecule has 0 amide bonds. The zero-order valence-electron chi connectivity index (χ0n) is 3.42. The molecule has 0 aromatic carbocycles. The Balaban J connectivity index is 3.79. The molecule has 7 nitrogen and oxygen atoms in total. The molecule has 0 heterocycles. The van der Waals surface area contributed by atoms with Crippen LogP contribution < -0.4 is 0 Å². The van der Waals surface area contributed by atoms with Crippen molar-refractivity contribution < 1.29 is 28.3 Å². The van der Waals surface area contributed by atoms with E-state index in [1.807, 2.05) is 0 Å². The van der Waals surface area contributed by atoms with E-state index < -0.39 is 20.1 Å². The van der Waals surface area contributed by atoms with E-state index >= 15 is 0 Å². The van der Waals surface area contributed by atoms with Gasteiger partial charge in [0.15, 0.2) is 0 Å². The first-order valence-electron chi connectivity index (χ1n) is 1.28. The molecule has 0 aliphatic rings. The van der Waals surface area contributed by atoms with Gasteiger partial charge in [0, 0.05) is 0 Å². The van der Waals surface area contributed by atoms with Crippen LogP contribution in [-0.4, -0.2) is 35.8 Å². The summed E-state index contributed by atoms with van der Waals surface area (Å²) in [5.41, 5.74) is 0. The van der Waals surface area contributed by atoms with Gasteiger partial charge < -0.3 is 0 Å². The first-order chi connectivity index (χ1) is 3.68. The van der Waals surface area contributed by atoms with E-state index in [1.54, 1.807) is 0 Å². The van der Waals surface area contributed by atoms with Gasteiger partial charge in [-0.05, 0) is 0 Å². The van der Waals surface area contributed by atoms with Gasteiger partial charge >= 0.3 is 48.3 Å². The third-order valence-electron chi connectivity index (χ3n) is 0.300. The molecule has 0 fully saturated rings. The van der Waals surface area contributed by atoms with Crippen molar-refractivity contribution in [3.63, 3.8) is 0 Å². The maximum atomic E-state index is 9.99. The summed E-state index contributed by atoms with van der Waals surface area (Å²) in [6.45, 7) is 0. The third kappa shape index (κ3) is 2.10. The topological polar surface area (TPSA) is 105 Å². The fraction of sp³-hybridized carbons (Fsp3) is 0. The van der Waals surface area contributed by atoms with Gasteiger partial charge in [0.2, 0.25) is 0 Å². The Morgan fingerprint density at radius 1 is 1.00 bits per heavy atom. The van der Waals surface area contributed by atoms with Gasteiger partial charge in [-0.2, -0.15) is 0 Å². The predicted octanol–water partition coefficient (Wildman–Crippen LogP) is -0.679. The molecule has 0 radical (unpaired) electrons. The molecule has 0 unspecified atom stereocenters. The minimum atomic E-state index is -5.32. The average Bonchev–Trinajstić information content (AvgIpc) is 1.87.